The van der Waals surface area contributed by atoms with Crippen molar-refractivity contribution >= 4 is 28.0 Å². The highest BCUT2D eigenvalue weighted by molar-refractivity contribution is 6.00. The monoisotopic (exact) mass is 426 g/mol. The molecule has 3 aromatic carbocycles. The van der Waals surface area contributed by atoms with Crippen LogP contribution in [0, 0.1) is 6.92 Å². The van der Waals surface area contributed by atoms with Crippen LogP contribution in [-0.4, -0.2) is 48.6 Å². The van der Waals surface area contributed by atoms with Gasteiger partial charge in [-0.1, -0.05) is 48.5 Å². The number of carbonyl (C=O) groups is 1. The molecule has 0 aliphatic carbocycles. The van der Waals surface area contributed by atoms with Gasteiger partial charge in [0.2, 0.25) is 0 Å². The molecule has 2 aliphatic rings. The summed E-state index contributed by atoms with van der Waals surface area (Å²) in [7, 11) is 0. The standard InChI is InChI=1S/C27H26N2O3/c1-18-15-20-6-4-8-25-26(20)29(18)24(16-28-11-13-31-14-12-28)27(32-25)22-10-9-19-5-2-3-7-21(19)23(22)17-30/h2-10,15,17,24,27H,11-14,16H2,1H3. The van der Waals surface area contributed by atoms with Gasteiger partial charge in [-0.2, -0.15) is 0 Å². The van der Waals surface area contributed by atoms with E-state index in [-0.39, 0.29) is 12.1 Å². The molecule has 4 aromatic rings. The fourth-order valence-electron chi connectivity index (χ4n) is 5.45. The molecule has 5 heteroatoms. The first-order valence-corrected chi connectivity index (χ1v) is 11.3. The predicted octanol–water partition coefficient (Wildman–Crippen LogP) is 4.92. The Morgan fingerprint density at radius 3 is 2.66 bits per heavy atom. The zero-order valence-corrected chi connectivity index (χ0v) is 18.2. The Kier molecular flexibility index (Phi) is 4.74. The topological polar surface area (TPSA) is 43.7 Å². The lowest BCUT2D eigenvalue weighted by molar-refractivity contribution is 0.0164. The van der Waals surface area contributed by atoms with Crippen LogP contribution in [0.25, 0.3) is 21.7 Å². The largest absolute Gasteiger partial charge is 0.481 e. The van der Waals surface area contributed by atoms with Crippen molar-refractivity contribution in [2.45, 2.75) is 19.1 Å². The molecule has 2 aliphatic heterocycles. The first-order valence-electron chi connectivity index (χ1n) is 11.3. The summed E-state index contributed by atoms with van der Waals surface area (Å²) in [4.78, 5) is 14.8. The molecular formula is C27H26N2O3. The average molecular weight is 427 g/mol. The van der Waals surface area contributed by atoms with Gasteiger partial charge in [0.25, 0.3) is 0 Å². The summed E-state index contributed by atoms with van der Waals surface area (Å²) in [6.45, 7) is 6.34. The Bertz CT molecular complexity index is 1320. The predicted molar refractivity (Wildman–Crippen MR) is 126 cm³/mol. The molecule has 162 valence electrons. The molecule has 1 aromatic heterocycles. The summed E-state index contributed by atoms with van der Waals surface area (Å²) in [5.74, 6) is 0.879. The van der Waals surface area contributed by atoms with E-state index in [0.29, 0.717) is 0 Å². The summed E-state index contributed by atoms with van der Waals surface area (Å²) in [5.41, 5.74) is 4.04. The highest BCUT2D eigenvalue weighted by atomic mass is 16.5. The van der Waals surface area contributed by atoms with Crippen LogP contribution < -0.4 is 4.74 Å². The minimum absolute atomic E-state index is 0.0559. The maximum absolute atomic E-state index is 12.3. The molecule has 2 atom stereocenters. The van der Waals surface area contributed by atoms with E-state index in [2.05, 4.69) is 40.7 Å². The van der Waals surface area contributed by atoms with Crippen LogP contribution in [-0.2, 0) is 4.74 Å². The number of aldehydes is 1. The zero-order valence-electron chi connectivity index (χ0n) is 18.2. The molecule has 3 heterocycles. The van der Waals surface area contributed by atoms with Gasteiger partial charge in [0.05, 0.1) is 24.8 Å². The molecule has 32 heavy (non-hydrogen) atoms. The molecule has 5 nitrogen and oxygen atoms in total. The highest BCUT2D eigenvalue weighted by Gasteiger charge is 2.37. The van der Waals surface area contributed by atoms with Crippen molar-refractivity contribution in [2.75, 3.05) is 32.8 Å². The van der Waals surface area contributed by atoms with Crippen molar-refractivity contribution in [3.8, 4) is 5.75 Å². The number of fused-ring (bicyclic) bond motifs is 1. The molecule has 0 spiro atoms. The van der Waals surface area contributed by atoms with Crippen LogP contribution in [0.1, 0.15) is 33.8 Å². The van der Waals surface area contributed by atoms with Gasteiger partial charge >= 0.3 is 0 Å². The fourth-order valence-corrected chi connectivity index (χ4v) is 5.45. The molecule has 0 amide bonds. The summed E-state index contributed by atoms with van der Waals surface area (Å²) >= 11 is 0. The maximum atomic E-state index is 12.3. The molecule has 0 saturated carbocycles. The van der Waals surface area contributed by atoms with Gasteiger partial charge in [-0.05, 0) is 29.8 Å². The smallest absolute Gasteiger partial charge is 0.151 e. The Morgan fingerprint density at radius 1 is 1.00 bits per heavy atom. The zero-order chi connectivity index (χ0) is 21.7. The first-order chi connectivity index (χ1) is 15.7. The van der Waals surface area contributed by atoms with E-state index >= 15 is 0 Å². The number of aromatic nitrogens is 1. The second-order valence-corrected chi connectivity index (χ2v) is 8.78. The molecule has 0 bridgehead atoms. The van der Waals surface area contributed by atoms with Crippen LogP contribution in [0.3, 0.4) is 0 Å². The number of hydrogen-bond acceptors (Lipinski definition) is 4. The quantitative estimate of drug-likeness (QED) is 0.435. The van der Waals surface area contributed by atoms with Crippen molar-refractivity contribution in [3.63, 3.8) is 0 Å². The molecule has 0 radical (unpaired) electrons. The number of nitrogens with zero attached hydrogens (tertiary/aromatic N) is 2. The third kappa shape index (κ3) is 3.04. The van der Waals surface area contributed by atoms with E-state index in [9.17, 15) is 4.79 Å². The van der Waals surface area contributed by atoms with E-state index in [1.807, 2.05) is 36.4 Å². The normalized spacial score (nSPS) is 21.0. The Hall–Kier alpha value is -3.15. The fraction of sp³-hybridized carbons (Fsp3) is 0.296. The Balaban J connectivity index is 1.54. The van der Waals surface area contributed by atoms with E-state index in [1.54, 1.807) is 0 Å². The van der Waals surface area contributed by atoms with Gasteiger partial charge in [-0.15, -0.1) is 0 Å². The number of morpholine rings is 1. The van der Waals surface area contributed by atoms with Crippen molar-refractivity contribution in [1.29, 1.82) is 0 Å². The molecule has 2 unspecified atom stereocenters. The van der Waals surface area contributed by atoms with Gasteiger partial charge in [-0.25, -0.2) is 0 Å². The second kappa shape index (κ2) is 7.76. The summed E-state index contributed by atoms with van der Waals surface area (Å²) < 4.78 is 14.7. The molecule has 0 N–H and O–H groups in total. The molecule has 1 saturated heterocycles. The number of carbonyl (C=O) groups excluding carboxylic acids is 1. The van der Waals surface area contributed by atoms with Gasteiger partial charge in [0.15, 0.2) is 6.29 Å². The second-order valence-electron chi connectivity index (χ2n) is 8.78. The lowest BCUT2D eigenvalue weighted by atomic mass is 9.91. The van der Waals surface area contributed by atoms with Gasteiger partial charge < -0.3 is 14.0 Å². The Labute approximate surface area is 187 Å². The van der Waals surface area contributed by atoms with E-state index < -0.39 is 0 Å². The number of rotatable bonds is 4. The van der Waals surface area contributed by atoms with Crippen LogP contribution in [0.2, 0.25) is 0 Å². The number of benzene rings is 3. The summed E-state index contributed by atoms with van der Waals surface area (Å²) in [6.07, 6.45) is 0.734. The van der Waals surface area contributed by atoms with Crippen molar-refractivity contribution in [3.05, 3.63) is 77.5 Å². The van der Waals surface area contributed by atoms with E-state index in [1.165, 1.54) is 11.1 Å². The minimum Gasteiger partial charge on any atom is -0.481 e. The SMILES string of the molecule is Cc1cc2cccc3c2n1C(CN1CCOCC1)C(c1ccc2ccccc2c1C=O)O3. The van der Waals surface area contributed by atoms with E-state index in [0.717, 1.165) is 72.3 Å². The summed E-state index contributed by atoms with van der Waals surface area (Å²) in [6, 6.07) is 20.8. The average Bonchev–Trinajstić information content (AvgIpc) is 3.18. The van der Waals surface area contributed by atoms with Crippen LogP contribution >= 0.6 is 0 Å². The van der Waals surface area contributed by atoms with Crippen molar-refractivity contribution in [2.24, 2.45) is 0 Å². The molecular weight excluding hydrogens is 400 g/mol. The van der Waals surface area contributed by atoms with Crippen LogP contribution in [0.5, 0.6) is 5.75 Å². The van der Waals surface area contributed by atoms with Crippen LogP contribution in [0.15, 0.2) is 60.7 Å². The third-order valence-corrected chi connectivity index (χ3v) is 6.93. The first kappa shape index (κ1) is 19.5. The number of para-hydroxylation sites is 1. The highest BCUT2D eigenvalue weighted by Crippen LogP contribution is 2.45. The van der Waals surface area contributed by atoms with Gasteiger partial charge in [-0.3, -0.25) is 9.69 Å². The Morgan fingerprint density at radius 2 is 1.81 bits per heavy atom. The number of aryl methyl sites for hydroxylation is 1. The van der Waals surface area contributed by atoms with Crippen molar-refractivity contribution in [1.82, 2.24) is 9.47 Å². The lowest BCUT2D eigenvalue weighted by Gasteiger charge is -2.39. The maximum Gasteiger partial charge on any atom is 0.151 e. The van der Waals surface area contributed by atoms with Gasteiger partial charge in [0, 0.05) is 41.8 Å². The summed E-state index contributed by atoms with van der Waals surface area (Å²) in [5, 5.41) is 3.24. The van der Waals surface area contributed by atoms with Gasteiger partial charge in [0.1, 0.15) is 11.9 Å². The third-order valence-electron chi connectivity index (χ3n) is 6.93. The lowest BCUT2D eigenvalue weighted by Crippen LogP contribution is -2.43. The minimum atomic E-state index is -0.258. The van der Waals surface area contributed by atoms with Crippen molar-refractivity contribution < 1.29 is 14.3 Å². The number of hydrogen-bond donors (Lipinski definition) is 0. The molecule has 1 fully saturated rings. The van der Waals surface area contributed by atoms with Crippen LogP contribution in [0.4, 0.5) is 0 Å². The van der Waals surface area contributed by atoms with E-state index in [4.69, 9.17) is 9.47 Å². The molecule has 6 rings (SSSR count). The number of ether oxygens (including phenoxy) is 2.